The van der Waals surface area contributed by atoms with Crippen LogP contribution in [0.5, 0.6) is 0 Å². The van der Waals surface area contributed by atoms with Crippen molar-refractivity contribution >= 4 is 28.4 Å². The van der Waals surface area contributed by atoms with Crippen LogP contribution in [0, 0.1) is 5.92 Å². The van der Waals surface area contributed by atoms with Gasteiger partial charge < -0.3 is 4.74 Å². The van der Waals surface area contributed by atoms with Crippen LogP contribution in [0.25, 0.3) is 16.6 Å². The average Bonchev–Trinajstić information content (AvgIpc) is 2.84. The number of hydrogen-bond acceptors (Lipinski definition) is 3. The first-order valence-corrected chi connectivity index (χ1v) is 11.8. The van der Waals surface area contributed by atoms with Gasteiger partial charge >= 0.3 is 6.18 Å². The van der Waals surface area contributed by atoms with Crippen LogP contribution in [0.4, 0.5) is 17.6 Å². The van der Waals surface area contributed by atoms with Gasteiger partial charge in [0, 0.05) is 28.2 Å². The van der Waals surface area contributed by atoms with Crippen LogP contribution in [0.3, 0.4) is 0 Å². The van der Waals surface area contributed by atoms with E-state index >= 15 is 4.39 Å². The Labute approximate surface area is 204 Å². The first-order chi connectivity index (χ1) is 16.6. The number of thioether (sulfide) groups is 1. The molecule has 1 heterocycles. The Balaban J connectivity index is 1.79. The molecule has 0 N–H and O–H groups in total. The molecule has 0 saturated heterocycles. The summed E-state index contributed by atoms with van der Waals surface area (Å²) in [5.74, 6) is -0.328. The fraction of sp³-hybridized carbons (Fsp3) is 0.222. The molecule has 3 aromatic rings. The summed E-state index contributed by atoms with van der Waals surface area (Å²) in [5, 5.41) is 0.739. The molecule has 4 rings (SSSR count). The Morgan fingerprint density at radius 3 is 2.49 bits per heavy atom. The zero-order chi connectivity index (χ0) is 25.3. The number of hydrogen-bond donors (Lipinski definition) is 0. The van der Waals surface area contributed by atoms with E-state index in [-0.39, 0.29) is 11.5 Å². The maximum absolute atomic E-state index is 15.3. The molecule has 2 unspecified atom stereocenters. The van der Waals surface area contributed by atoms with Gasteiger partial charge in [-0.3, -0.25) is 9.36 Å². The van der Waals surface area contributed by atoms with E-state index < -0.39 is 35.0 Å². The zero-order valence-corrected chi connectivity index (χ0v) is 19.9. The number of alkyl halides is 4. The number of nitrogens with zero attached hydrogens (tertiary/aromatic N) is 1. The Bertz CT molecular complexity index is 1390. The van der Waals surface area contributed by atoms with Crippen molar-refractivity contribution in [3.63, 3.8) is 0 Å². The minimum Gasteiger partial charge on any atom is -0.495 e. The van der Waals surface area contributed by atoms with Crippen LogP contribution >= 0.6 is 11.8 Å². The lowest BCUT2D eigenvalue weighted by Gasteiger charge is -2.31. The number of rotatable bonds is 6. The van der Waals surface area contributed by atoms with Crippen molar-refractivity contribution in [2.24, 2.45) is 5.92 Å². The summed E-state index contributed by atoms with van der Waals surface area (Å²) < 4.78 is 61.7. The molecule has 2 atom stereocenters. The van der Waals surface area contributed by atoms with Gasteiger partial charge in [-0.05, 0) is 41.3 Å². The van der Waals surface area contributed by atoms with Gasteiger partial charge in [0.15, 0.2) is 0 Å². The maximum Gasteiger partial charge on any atom is 0.416 e. The van der Waals surface area contributed by atoms with Gasteiger partial charge in [0.1, 0.15) is 11.9 Å². The minimum atomic E-state index is -4.78. The van der Waals surface area contributed by atoms with E-state index in [4.69, 9.17) is 4.74 Å². The number of benzene rings is 2. The lowest BCUT2D eigenvalue weighted by molar-refractivity contribution is -0.0901. The van der Waals surface area contributed by atoms with Crippen LogP contribution in [-0.4, -0.2) is 24.0 Å². The van der Waals surface area contributed by atoms with Crippen molar-refractivity contribution in [3.05, 3.63) is 106 Å². The van der Waals surface area contributed by atoms with E-state index in [2.05, 4.69) is 6.58 Å². The highest BCUT2D eigenvalue weighted by Crippen LogP contribution is 2.42. The van der Waals surface area contributed by atoms with Crippen molar-refractivity contribution in [1.82, 2.24) is 4.57 Å². The molecule has 0 bridgehead atoms. The molecule has 0 amide bonds. The quantitative estimate of drug-likeness (QED) is 0.266. The topological polar surface area (TPSA) is 31.2 Å². The molecule has 35 heavy (non-hydrogen) atoms. The van der Waals surface area contributed by atoms with Crippen molar-refractivity contribution in [2.45, 2.75) is 29.9 Å². The largest absolute Gasteiger partial charge is 0.495 e. The second-order valence-electron chi connectivity index (χ2n) is 8.22. The fourth-order valence-electron chi connectivity index (χ4n) is 4.12. The third-order valence-electron chi connectivity index (χ3n) is 5.97. The SMILES string of the molecule is C=C(C1=CC(OC)=C(n2c(=O)ccc3cc(SCc4ccccc4)ccc32)C(C)C1F)C(F)(F)F. The molecule has 0 spiro atoms. The number of halogens is 4. The van der Waals surface area contributed by atoms with Crippen molar-refractivity contribution in [1.29, 1.82) is 0 Å². The molecule has 3 nitrogen and oxygen atoms in total. The van der Waals surface area contributed by atoms with E-state index in [1.54, 1.807) is 23.9 Å². The fourth-order valence-corrected chi connectivity index (χ4v) is 5.03. The van der Waals surface area contributed by atoms with E-state index in [9.17, 15) is 18.0 Å². The Morgan fingerprint density at radius 2 is 1.83 bits per heavy atom. The highest BCUT2D eigenvalue weighted by molar-refractivity contribution is 7.98. The minimum absolute atomic E-state index is 0.0103. The van der Waals surface area contributed by atoms with Gasteiger partial charge in [0.05, 0.1) is 23.9 Å². The second kappa shape index (κ2) is 9.77. The highest BCUT2D eigenvalue weighted by Gasteiger charge is 2.42. The predicted molar refractivity (Wildman–Crippen MR) is 132 cm³/mol. The Hall–Kier alpha value is -3.26. The van der Waals surface area contributed by atoms with Crippen LogP contribution in [-0.2, 0) is 10.5 Å². The zero-order valence-electron chi connectivity index (χ0n) is 19.1. The van der Waals surface area contributed by atoms with Crippen LogP contribution in [0.1, 0.15) is 12.5 Å². The van der Waals surface area contributed by atoms with Crippen molar-refractivity contribution in [2.75, 3.05) is 7.11 Å². The lowest BCUT2D eigenvalue weighted by atomic mass is 9.85. The number of fused-ring (bicyclic) bond motifs is 1. The summed E-state index contributed by atoms with van der Waals surface area (Å²) in [5.41, 5.74) is -0.451. The third kappa shape index (κ3) is 4.93. The summed E-state index contributed by atoms with van der Waals surface area (Å²) >= 11 is 1.64. The Morgan fingerprint density at radius 1 is 1.11 bits per heavy atom. The third-order valence-corrected chi connectivity index (χ3v) is 7.04. The lowest BCUT2D eigenvalue weighted by Crippen LogP contribution is -2.32. The van der Waals surface area contributed by atoms with Crippen LogP contribution in [0.15, 0.2) is 99.9 Å². The van der Waals surface area contributed by atoms with Gasteiger partial charge in [0.2, 0.25) is 0 Å². The number of ether oxygens (including phenoxy) is 1. The molecule has 0 fully saturated rings. The normalized spacial score (nSPS) is 18.5. The molecule has 0 radical (unpaired) electrons. The molecule has 0 aliphatic heterocycles. The predicted octanol–water partition coefficient (Wildman–Crippen LogP) is 7.14. The molecular weight excluding hydrogens is 478 g/mol. The highest BCUT2D eigenvalue weighted by atomic mass is 32.2. The van der Waals surface area contributed by atoms with Crippen LogP contribution < -0.4 is 5.56 Å². The standard InChI is InChI=1S/C27H23F4NO2S/c1-16-25(28)21(17(2)27(29,30)31)14-23(34-3)26(16)32-22-11-10-20(13-19(22)9-12-24(32)33)35-15-18-7-5-4-6-8-18/h4-14,16,25H,2,15H2,1,3H3. The van der Waals surface area contributed by atoms with Gasteiger partial charge in [-0.15, -0.1) is 11.8 Å². The number of methoxy groups -OCH3 is 1. The number of allylic oxidation sites excluding steroid dienone is 4. The molecular formula is C27H23F4NO2S. The van der Waals surface area contributed by atoms with Crippen molar-refractivity contribution in [3.8, 4) is 0 Å². The van der Waals surface area contributed by atoms with Gasteiger partial charge in [-0.1, -0.05) is 43.8 Å². The summed E-state index contributed by atoms with van der Waals surface area (Å²) in [4.78, 5) is 13.9. The molecule has 1 aliphatic rings. The van der Waals surface area contributed by atoms with E-state index in [1.165, 1.54) is 30.2 Å². The monoisotopic (exact) mass is 501 g/mol. The summed E-state index contributed by atoms with van der Waals surface area (Å²) in [6.07, 6.45) is -5.80. The molecule has 1 aromatic heterocycles. The van der Waals surface area contributed by atoms with Crippen LogP contribution in [0.2, 0.25) is 0 Å². The first-order valence-electron chi connectivity index (χ1n) is 10.8. The summed E-state index contributed by atoms with van der Waals surface area (Å²) in [6.45, 7) is 4.47. The first kappa shape index (κ1) is 24.9. The second-order valence-corrected chi connectivity index (χ2v) is 9.27. The maximum atomic E-state index is 15.3. The smallest absolute Gasteiger partial charge is 0.416 e. The summed E-state index contributed by atoms with van der Waals surface area (Å²) in [6, 6.07) is 18.6. The van der Waals surface area contributed by atoms with Gasteiger partial charge in [-0.25, -0.2) is 4.39 Å². The Kier molecular flexibility index (Phi) is 6.94. The molecule has 0 saturated carbocycles. The number of aromatic nitrogens is 1. The van der Waals surface area contributed by atoms with E-state index in [1.807, 2.05) is 42.5 Å². The van der Waals surface area contributed by atoms with Crippen molar-refractivity contribution < 1.29 is 22.3 Å². The van der Waals surface area contributed by atoms with Gasteiger partial charge in [-0.2, -0.15) is 13.2 Å². The molecule has 8 heteroatoms. The summed E-state index contributed by atoms with van der Waals surface area (Å²) in [7, 11) is 1.28. The number of pyridine rings is 1. The van der Waals surface area contributed by atoms with E-state index in [0.29, 0.717) is 5.52 Å². The molecule has 1 aliphatic carbocycles. The molecule has 2 aromatic carbocycles. The van der Waals surface area contributed by atoms with E-state index in [0.717, 1.165) is 22.1 Å². The average molecular weight is 502 g/mol. The molecule has 182 valence electrons. The van der Waals surface area contributed by atoms with Gasteiger partial charge in [0.25, 0.3) is 5.56 Å².